The van der Waals surface area contributed by atoms with E-state index in [-0.39, 0.29) is 0 Å². The number of thioether (sulfide) groups is 1. The number of benzene rings is 1. The SMILES string of the molecule is CN(C)c1cccc2c1C=CC1SC21. The molecule has 14 heavy (non-hydrogen) atoms. The topological polar surface area (TPSA) is 3.24 Å². The van der Waals surface area contributed by atoms with Crippen molar-refractivity contribution < 1.29 is 0 Å². The van der Waals surface area contributed by atoms with Crippen molar-refractivity contribution in [3.63, 3.8) is 0 Å². The first-order valence-electron chi connectivity index (χ1n) is 4.91. The molecule has 1 aromatic carbocycles. The molecule has 0 saturated carbocycles. The molecule has 0 spiro atoms. The Morgan fingerprint density at radius 3 is 2.93 bits per heavy atom. The van der Waals surface area contributed by atoms with Crippen LogP contribution in [0.2, 0.25) is 0 Å². The van der Waals surface area contributed by atoms with E-state index in [0.29, 0.717) is 0 Å². The molecule has 2 heteroatoms. The highest BCUT2D eigenvalue weighted by Gasteiger charge is 2.41. The van der Waals surface area contributed by atoms with Crippen molar-refractivity contribution in [1.82, 2.24) is 0 Å². The summed E-state index contributed by atoms with van der Waals surface area (Å²) in [7, 11) is 4.21. The molecule has 2 aliphatic rings. The third-order valence-electron chi connectivity index (χ3n) is 2.88. The Bertz CT molecular complexity index is 409. The number of hydrogen-bond donors (Lipinski definition) is 0. The fourth-order valence-corrected chi connectivity index (χ4v) is 3.11. The van der Waals surface area contributed by atoms with Crippen LogP contribution in [0.1, 0.15) is 16.4 Å². The summed E-state index contributed by atoms with van der Waals surface area (Å²) in [5.41, 5.74) is 4.28. The molecular formula is C12H13NS. The van der Waals surface area contributed by atoms with E-state index in [1.807, 2.05) is 0 Å². The van der Waals surface area contributed by atoms with Crippen LogP contribution in [0, 0.1) is 0 Å². The molecule has 0 radical (unpaired) electrons. The first kappa shape index (κ1) is 8.42. The Kier molecular flexibility index (Phi) is 1.68. The summed E-state index contributed by atoms with van der Waals surface area (Å²) < 4.78 is 0. The van der Waals surface area contributed by atoms with Crippen LogP contribution in [-0.4, -0.2) is 19.3 Å². The van der Waals surface area contributed by atoms with Crippen LogP contribution in [0.15, 0.2) is 24.3 Å². The standard InChI is InChI=1S/C12H13NS/c1-13(2)10-5-3-4-9-8(10)6-7-11-12(9)14-11/h3-7,11-12H,1-2H3. The van der Waals surface area contributed by atoms with Crippen LogP contribution < -0.4 is 4.90 Å². The first-order chi connectivity index (χ1) is 6.77. The number of anilines is 1. The first-order valence-corrected chi connectivity index (χ1v) is 5.85. The molecule has 1 fully saturated rings. The second-order valence-corrected chi connectivity index (χ2v) is 5.38. The van der Waals surface area contributed by atoms with Gasteiger partial charge >= 0.3 is 0 Å². The average Bonchev–Trinajstić information content (AvgIpc) is 2.95. The third kappa shape index (κ3) is 1.10. The largest absolute Gasteiger partial charge is 0.377 e. The highest BCUT2D eigenvalue weighted by molar-refractivity contribution is 8.07. The molecule has 1 saturated heterocycles. The molecule has 1 aliphatic heterocycles. The van der Waals surface area contributed by atoms with E-state index in [4.69, 9.17) is 0 Å². The van der Waals surface area contributed by atoms with E-state index in [2.05, 4.69) is 61.1 Å². The molecule has 1 heterocycles. The van der Waals surface area contributed by atoms with Crippen LogP contribution in [0.4, 0.5) is 5.69 Å². The van der Waals surface area contributed by atoms with Gasteiger partial charge in [-0.25, -0.2) is 0 Å². The second kappa shape index (κ2) is 2.80. The Labute approximate surface area is 88.8 Å². The molecule has 1 aromatic rings. The monoisotopic (exact) mass is 203 g/mol. The van der Waals surface area contributed by atoms with Crippen LogP contribution >= 0.6 is 11.8 Å². The molecule has 2 atom stereocenters. The predicted molar refractivity (Wildman–Crippen MR) is 63.9 cm³/mol. The zero-order valence-corrected chi connectivity index (χ0v) is 9.21. The number of hydrogen-bond acceptors (Lipinski definition) is 2. The lowest BCUT2D eigenvalue weighted by Crippen LogP contribution is -2.12. The Balaban J connectivity index is 2.18. The van der Waals surface area contributed by atoms with Crippen molar-refractivity contribution in [2.24, 2.45) is 0 Å². The van der Waals surface area contributed by atoms with Crippen LogP contribution in [-0.2, 0) is 0 Å². The van der Waals surface area contributed by atoms with Crippen LogP contribution in [0.5, 0.6) is 0 Å². The Morgan fingerprint density at radius 2 is 2.14 bits per heavy atom. The molecule has 0 amide bonds. The smallest absolute Gasteiger partial charge is 0.0464 e. The van der Waals surface area contributed by atoms with Crippen molar-refractivity contribution in [2.45, 2.75) is 10.5 Å². The number of fused-ring (bicyclic) bond motifs is 3. The molecule has 0 bridgehead atoms. The molecule has 0 aromatic heterocycles. The van der Waals surface area contributed by atoms with Gasteiger partial charge in [0.25, 0.3) is 0 Å². The quantitative estimate of drug-likeness (QED) is 0.646. The number of rotatable bonds is 1. The molecular weight excluding hydrogens is 190 g/mol. The highest BCUT2D eigenvalue weighted by Crippen LogP contribution is 2.59. The lowest BCUT2D eigenvalue weighted by Gasteiger charge is -2.19. The second-order valence-electron chi connectivity index (χ2n) is 4.05. The van der Waals surface area contributed by atoms with Crippen LogP contribution in [0.3, 0.4) is 0 Å². The van der Waals surface area contributed by atoms with E-state index in [9.17, 15) is 0 Å². The maximum absolute atomic E-state index is 2.34. The minimum atomic E-state index is 0.745. The van der Waals surface area contributed by atoms with Gasteiger partial charge in [0.15, 0.2) is 0 Å². The lowest BCUT2D eigenvalue weighted by molar-refractivity contribution is 1.06. The van der Waals surface area contributed by atoms with Crippen molar-refractivity contribution in [2.75, 3.05) is 19.0 Å². The summed E-state index contributed by atoms with van der Waals surface area (Å²) in [5, 5.41) is 1.51. The lowest BCUT2D eigenvalue weighted by atomic mass is 9.96. The van der Waals surface area contributed by atoms with Crippen molar-refractivity contribution >= 4 is 23.5 Å². The fourth-order valence-electron chi connectivity index (χ4n) is 2.10. The van der Waals surface area contributed by atoms with Gasteiger partial charge < -0.3 is 4.90 Å². The molecule has 3 rings (SSSR count). The maximum atomic E-state index is 2.34. The highest BCUT2D eigenvalue weighted by atomic mass is 32.2. The minimum absolute atomic E-state index is 0.745. The van der Waals surface area contributed by atoms with Crippen LogP contribution in [0.25, 0.3) is 6.08 Å². The summed E-state index contributed by atoms with van der Waals surface area (Å²) in [6, 6.07) is 6.63. The van der Waals surface area contributed by atoms with Gasteiger partial charge in [0.2, 0.25) is 0 Å². The Morgan fingerprint density at radius 1 is 1.29 bits per heavy atom. The zero-order valence-electron chi connectivity index (χ0n) is 8.40. The zero-order chi connectivity index (χ0) is 9.71. The van der Waals surface area contributed by atoms with E-state index >= 15 is 0 Å². The Hall–Kier alpha value is -0.890. The van der Waals surface area contributed by atoms with Gasteiger partial charge in [-0.05, 0) is 11.6 Å². The van der Waals surface area contributed by atoms with Gasteiger partial charge in [0.05, 0.1) is 0 Å². The minimum Gasteiger partial charge on any atom is -0.377 e. The molecule has 72 valence electrons. The fraction of sp³-hybridized carbons (Fsp3) is 0.333. The van der Waals surface area contributed by atoms with Gasteiger partial charge in [-0.15, -0.1) is 11.8 Å². The molecule has 1 nitrogen and oxygen atoms in total. The number of nitrogens with zero attached hydrogens (tertiary/aromatic N) is 1. The van der Waals surface area contributed by atoms with Crippen molar-refractivity contribution in [1.29, 1.82) is 0 Å². The average molecular weight is 203 g/mol. The summed E-state index contributed by atoms with van der Waals surface area (Å²) in [4.78, 5) is 2.19. The van der Waals surface area contributed by atoms with Gasteiger partial charge in [-0.2, -0.15) is 0 Å². The molecule has 0 N–H and O–H groups in total. The van der Waals surface area contributed by atoms with E-state index in [0.717, 1.165) is 10.5 Å². The van der Waals surface area contributed by atoms with E-state index in [1.165, 1.54) is 16.8 Å². The summed E-state index contributed by atoms with van der Waals surface area (Å²) in [5.74, 6) is 0. The van der Waals surface area contributed by atoms with Gasteiger partial charge in [0, 0.05) is 35.8 Å². The third-order valence-corrected chi connectivity index (χ3v) is 4.15. The van der Waals surface area contributed by atoms with E-state index < -0.39 is 0 Å². The van der Waals surface area contributed by atoms with Gasteiger partial charge in [0.1, 0.15) is 0 Å². The van der Waals surface area contributed by atoms with Gasteiger partial charge in [-0.3, -0.25) is 0 Å². The predicted octanol–water partition coefficient (Wildman–Crippen LogP) is 2.94. The summed E-state index contributed by atoms with van der Waals surface area (Å²) >= 11 is 2.06. The normalized spacial score (nSPS) is 26.7. The maximum Gasteiger partial charge on any atom is 0.0464 e. The van der Waals surface area contributed by atoms with Crippen molar-refractivity contribution in [3.8, 4) is 0 Å². The molecule has 1 aliphatic carbocycles. The van der Waals surface area contributed by atoms with Gasteiger partial charge in [-0.1, -0.05) is 24.3 Å². The van der Waals surface area contributed by atoms with Crippen molar-refractivity contribution in [3.05, 3.63) is 35.4 Å². The van der Waals surface area contributed by atoms with E-state index in [1.54, 1.807) is 0 Å². The summed E-state index contributed by atoms with van der Waals surface area (Å²) in [6.07, 6.45) is 4.62. The molecule has 2 unspecified atom stereocenters. The summed E-state index contributed by atoms with van der Waals surface area (Å²) in [6.45, 7) is 0.